The summed E-state index contributed by atoms with van der Waals surface area (Å²) >= 11 is 1.71. The smallest absolute Gasteiger partial charge is 0.119 e. The maximum Gasteiger partial charge on any atom is 0.119 e. The molecule has 2 heterocycles. The van der Waals surface area contributed by atoms with Gasteiger partial charge in [0.1, 0.15) is 5.75 Å². The summed E-state index contributed by atoms with van der Waals surface area (Å²) in [6, 6.07) is 13.6. The average Bonchev–Trinajstić information content (AvgIpc) is 2.99. The van der Waals surface area contributed by atoms with Gasteiger partial charge in [-0.3, -0.25) is 4.90 Å². The van der Waals surface area contributed by atoms with E-state index in [1.165, 1.54) is 21.4 Å². The van der Waals surface area contributed by atoms with Crippen LogP contribution in [0.2, 0.25) is 0 Å². The molecule has 0 aliphatic carbocycles. The Morgan fingerprint density at radius 1 is 1.08 bits per heavy atom. The lowest BCUT2D eigenvalue weighted by Gasteiger charge is -2.28. The Balaban J connectivity index is 1.54. The van der Waals surface area contributed by atoms with Gasteiger partial charge in [-0.2, -0.15) is 0 Å². The molecule has 24 heavy (non-hydrogen) atoms. The van der Waals surface area contributed by atoms with Crippen LogP contribution in [0.3, 0.4) is 0 Å². The summed E-state index contributed by atoms with van der Waals surface area (Å²) in [6.07, 6.45) is 2.18. The fraction of sp³-hybridized carbons (Fsp3) is 0.350. The van der Waals surface area contributed by atoms with E-state index in [0.717, 1.165) is 37.2 Å². The molecule has 4 heteroatoms. The van der Waals surface area contributed by atoms with Gasteiger partial charge in [0.2, 0.25) is 0 Å². The Kier molecular flexibility index (Phi) is 4.25. The molecule has 0 spiro atoms. The normalized spacial score (nSPS) is 16.6. The van der Waals surface area contributed by atoms with Crippen LogP contribution < -0.4 is 4.74 Å². The molecule has 0 amide bonds. The van der Waals surface area contributed by atoms with Crippen molar-refractivity contribution in [3.05, 3.63) is 58.6 Å². The van der Waals surface area contributed by atoms with Gasteiger partial charge in [-0.15, -0.1) is 11.3 Å². The van der Waals surface area contributed by atoms with Gasteiger partial charge in [-0.05, 0) is 60.7 Å². The largest absolute Gasteiger partial charge is 0.497 e. The molecule has 4 rings (SSSR count). The zero-order chi connectivity index (χ0) is 16.5. The van der Waals surface area contributed by atoms with Gasteiger partial charge in [-0.1, -0.05) is 12.1 Å². The first-order valence-electron chi connectivity index (χ1n) is 8.47. The topological polar surface area (TPSA) is 25.4 Å². The number of hydrogen-bond donors (Lipinski definition) is 0. The lowest BCUT2D eigenvalue weighted by Crippen LogP contribution is -2.29. The lowest BCUT2D eigenvalue weighted by atomic mass is 10.0. The SMILES string of the molecule is COc1ccc2c(c1)CCN([C@@H](C)c1ccc3scnc3c1)CC2. The Morgan fingerprint density at radius 3 is 2.75 bits per heavy atom. The second-order valence-electron chi connectivity index (χ2n) is 6.43. The molecule has 1 aliphatic rings. The van der Waals surface area contributed by atoms with E-state index in [1.807, 2.05) is 5.51 Å². The van der Waals surface area contributed by atoms with Crippen molar-refractivity contribution in [2.45, 2.75) is 25.8 Å². The summed E-state index contributed by atoms with van der Waals surface area (Å²) in [5.41, 5.74) is 7.29. The van der Waals surface area contributed by atoms with Gasteiger partial charge < -0.3 is 4.74 Å². The number of benzene rings is 2. The quantitative estimate of drug-likeness (QED) is 0.705. The summed E-state index contributed by atoms with van der Waals surface area (Å²) in [6.45, 7) is 4.48. The third-order valence-electron chi connectivity index (χ3n) is 5.13. The van der Waals surface area contributed by atoms with Crippen LogP contribution in [-0.4, -0.2) is 30.1 Å². The van der Waals surface area contributed by atoms with Crippen molar-refractivity contribution in [3.63, 3.8) is 0 Å². The highest BCUT2D eigenvalue weighted by molar-refractivity contribution is 7.16. The van der Waals surface area contributed by atoms with E-state index in [1.54, 1.807) is 18.4 Å². The van der Waals surface area contributed by atoms with Crippen molar-refractivity contribution in [1.29, 1.82) is 0 Å². The van der Waals surface area contributed by atoms with Crippen molar-refractivity contribution in [3.8, 4) is 5.75 Å². The van der Waals surface area contributed by atoms with Crippen molar-refractivity contribution < 1.29 is 4.74 Å². The maximum atomic E-state index is 5.38. The summed E-state index contributed by atoms with van der Waals surface area (Å²) in [7, 11) is 1.74. The summed E-state index contributed by atoms with van der Waals surface area (Å²) in [5, 5.41) is 0. The first-order valence-corrected chi connectivity index (χ1v) is 9.35. The van der Waals surface area contributed by atoms with Crippen LogP contribution in [0.5, 0.6) is 5.75 Å². The van der Waals surface area contributed by atoms with Gasteiger partial charge in [0, 0.05) is 19.1 Å². The molecular weight excluding hydrogens is 316 g/mol. The fourth-order valence-corrected chi connectivity index (χ4v) is 4.24. The van der Waals surface area contributed by atoms with Crippen LogP contribution in [0.15, 0.2) is 41.9 Å². The fourth-order valence-electron chi connectivity index (χ4n) is 3.58. The van der Waals surface area contributed by atoms with Crippen LogP contribution in [0, 0.1) is 0 Å². The van der Waals surface area contributed by atoms with E-state index in [9.17, 15) is 0 Å². The molecule has 0 bridgehead atoms. The standard InChI is InChI=1S/C20H22N2OS/c1-14(16-4-6-20-19(12-16)21-13-24-20)22-9-7-15-3-5-18(23-2)11-17(15)8-10-22/h3-6,11-14H,7-10H2,1-2H3/t14-/m0/s1. The van der Waals surface area contributed by atoms with Gasteiger partial charge in [0.05, 0.1) is 22.8 Å². The number of fused-ring (bicyclic) bond motifs is 2. The number of ether oxygens (including phenoxy) is 1. The van der Waals surface area contributed by atoms with E-state index in [0.29, 0.717) is 6.04 Å². The molecule has 0 radical (unpaired) electrons. The van der Waals surface area contributed by atoms with E-state index >= 15 is 0 Å². The second kappa shape index (κ2) is 6.54. The molecule has 0 saturated heterocycles. The van der Waals surface area contributed by atoms with Crippen LogP contribution in [-0.2, 0) is 12.8 Å². The van der Waals surface area contributed by atoms with Crippen LogP contribution in [0.25, 0.3) is 10.2 Å². The predicted octanol–water partition coefficient (Wildman–Crippen LogP) is 4.47. The van der Waals surface area contributed by atoms with Crippen molar-refractivity contribution in [2.75, 3.05) is 20.2 Å². The summed E-state index contributed by atoms with van der Waals surface area (Å²) in [5.74, 6) is 0.962. The summed E-state index contributed by atoms with van der Waals surface area (Å²) in [4.78, 5) is 7.05. The van der Waals surface area contributed by atoms with Crippen LogP contribution >= 0.6 is 11.3 Å². The van der Waals surface area contributed by atoms with Gasteiger partial charge in [0.15, 0.2) is 0 Å². The zero-order valence-electron chi connectivity index (χ0n) is 14.2. The molecule has 1 atom stereocenters. The molecular formula is C20H22N2OS. The van der Waals surface area contributed by atoms with Crippen LogP contribution in [0.4, 0.5) is 0 Å². The number of aromatic nitrogens is 1. The van der Waals surface area contributed by atoms with Crippen molar-refractivity contribution in [2.24, 2.45) is 0 Å². The molecule has 3 nitrogen and oxygen atoms in total. The highest BCUT2D eigenvalue weighted by atomic mass is 32.1. The second-order valence-corrected chi connectivity index (χ2v) is 7.31. The first-order chi connectivity index (χ1) is 11.7. The monoisotopic (exact) mass is 338 g/mol. The van der Waals surface area contributed by atoms with E-state index in [4.69, 9.17) is 4.74 Å². The van der Waals surface area contributed by atoms with Crippen molar-refractivity contribution >= 4 is 21.6 Å². The van der Waals surface area contributed by atoms with Crippen LogP contribution in [0.1, 0.15) is 29.7 Å². The Hall–Kier alpha value is -1.91. The molecule has 0 fully saturated rings. The number of thiazole rings is 1. The Labute approximate surface area is 146 Å². The van der Waals surface area contributed by atoms with Gasteiger partial charge in [0.25, 0.3) is 0 Å². The summed E-state index contributed by atoms with van der Waals surface area (Å²) < 4.78 is 6.64. The van der Waals surface area contributed by atoms with E-state index in [-0.39, 0.29) is 0 Å². The molecule has 0 unspecified atom stereocenters. The molecule has 1 aliphatic heterocycles. The minimum Gasteiger partial charge on any atom is -0.497 e. The van der Waals surface area contributed by atoms with E-state index < -0.39 is 0 Å². The molecule has 0 N–H and O–H groups in total. The third kappa shape index (κ3) is 2.92. The average molecular weight is 338 g/mol. The number of hydrogen-bond acceptors (Lipinski definition) is 4. The minimum atomic E-state index is 0.410. The molecule has 2 aromatic carbocycles. The van der Waals surface area contributed by atoms with Gasteiger partial charge >= 0.3 is 0 Å². The highest BCUT2D eigenvalue weighted by Crippen LogP contribution is 2.28. The number of rotatable bonds is 3. The number of methoxy groups -OCH3 is 1. The lowest BCUT2D eigenvalue weighted by molar-refractivity contribution is 0.221. The Morgan fingerprint density at radius 2 is 1.92 bits per heavy atom. The molecule has 0 saturated carbocycles. The van der Waals surface area contributed by atoms with E-state index in [2.05, 4.69) is 53.2 Å². The molecule has 1 aromatic heterocycles. The molecule has 124 valence electrons. The third-order valence-corrected chi connectivity index (χ3v) is 5.94. The minimum absolute atomic E-state index is 0.410. The Bertz CT molecular complexity index is 858. The predicted molar refractivity (Wildman–Crippen MR) is 100 cm³/mol. The molecule has 3 aromatic rings. The number of nitrogens with zero attached hydrogens (tertiary/aromatic N) is 2. The first kappa shape index (κ1) is 15.6. The highest BCUT2D eigenvalue weighted by Gasteiger charge is 2.20. The van der Waals surface area contributed by atoms with Crippen molar-refractivity contribution in [1.82, 2.24) is 9.88 Å². The van der Waals surface area contributed by atoms with Gasteiger partial charge in [-0.25, -0.2) is 4.98 Å². The maximum absolute atomic E-state index is 5.38. The zero-order valence-corrected chi connectivity index (χ0v) is 15.0.